The van der Waals surface area contributed by atoms with Crippen LogP contribution < -0.4 is 14.8 Å². The summed E-state index contributed by atoms with van der Waals surface area (Å²) in [5.41, 5.74) is 0.671. The van der Waals surface area contributed by atoms with Crippen LogP contribution in [-0.4, -0.2) is 19.6 Å². The van der Waals surface area contributed by atoms with E-state index in [1.165, 1.54) is 12.3 Å². The van der Waals surface area contributed by atoms with Crippen LogP contribution in [0.4, 0.5) is 0 Å². The van der Waals surface area contributed by atoms with Gasteiger partial charge in [0.1, 0.15) is 17.4 Å². The predicted octanol–water partition coefficient (Wildman–Crippen LogP) is 3.94. The first kappa shape index (κ1) is 20.1. The second-order valence-corrected chi connectivity index (χ2v) is 6.37. The Kier molecular flexibility index (Phi) is 7.50. The molecule has 1 amide bonds. The average molecular weight is 368 g/mol. The molecule has 6 heteroatoms. The molecule has 27 heavy (non-hydrogen) atoms. The Balaban J connectivity index is 2.07. The number of hydrogen-bond acceptors (Lipinski definition) is 5. The zero-order valence-electron chi connectivity index (χ0n) is 15.8. The highest BCUT2D eigenvalue weighted by Crippen LogP contribution is 2.29. The Morgan fingerprint density at radius 2 is 2.15 bits per heavy atom. The fraction of sp³-hybridized carbons (Fsp3) is 0.333. The largest absolute Gasteiger partial charge is 0.493 e. The van der Waals surface area contributed by atoms with Crippen molar-refractivity contribution >= 4 is 12.0 Å². The number of nitriles is 1. The van der Waals surface area contributed by atoms with E-state index >= 15 is 0 Å². The summed E-state index contributed by atoms with van der Waals surface area (Å²) in [6.07, 6.45) is 3.98. The molecule has 6 nitrogen and oxygen atoms in total. The lowest BCUT2D eigenvalue weighted by atomic mass is 10.1. The Morgan fingerprint density at radius 1 is 1.33 bits per heavy atom. The van der Waals surface area contributed by atoms with Crippen molar-refractivity contribution in [1.29, 1.82) is 5.26 Å². The summed E-state index contributed by atoms with van der Waals surface area (Å²) in [5.74, 6) is 1.89. The molecule has 0 atom stereocenters. The van der Waals surface area contributed by atoms with Crippen LogP contribution in [0, 0.1) is 17.2 Å². The number of ether oxygens (including phenoxy) is 2. The molecular weight excluding hydrogens is 344 g/mol. The Bertz CT molecular complexity index is 817. The van der Waals surface area contributed by atoms with Gasteiger partial charge < -0.3 is 19.2 Å². The number of carbonyl (C=O) groups excluding carboxylic acids is 1. The molecule has 0 bridgehead atoms. The first-order chi connectivity index (χ1) is 13.0. The quantitative estimate of drug-likeness (QED) is 0.535. The third kappa shape index (κ3) is 6.23. The molecular formula is C21H24N2O4. The number of benzene rings is 1. The van der Waals surface area contributed by atoms with Gasteiger partial charge in [0.25, 0.3) is 5.91 Å². The van der Waals surface area contributed by atoms with E-state index in [2.05, 4.69) is 19.2 Å². The minimum Gasteiger partial charge on any atom is -0.493 e. The predicted molar refractivity (Wildman–Crippen MR) is 102 cm³/mol. The van der Waals surface area contributed by atoms with Crippen LogP contribution in [-0.2, 0) is 11.3 Å². The lowest BCUT2D eigenvalue weighted by Crippen LogP contribution is -2.23. The van der Waals surface area contributed by atoms with Crippen molar-refractivity contribution in [3.8, 4) is 17.6 Å². The number of carbonyl (C=O) groups is 1. The van der Waals surface area contributed by atoms with Crippen molar-refractivity contribution in [3.63, 3.8) is 0 Å². The highest BCUT2D eigenvalue weighted by Gasteiger charge is 2.11. The summed E-state index contributed by atoms with van der Waals surface area (Å²) in [5, 5.41) is 12.0. The van der Waals surface area contributed by atoms with Crippen molar-refractivity contribution in [3.05, 3.63) is 53.5 Å². The van der Waals surface area contributed by atoms with Gasteiger partial charge in [0.2, 0.25) is 0 Å². The van der Waals surface area contributed by atoms with Crippen LogP contribution in [0.25, 0.3) is 6.08 Å². The van der Waals surface area contributed by atoms with Gasteiger partial charge in [-0.1, -0.05) is 19.9 Å². The molecule has 0 aliphatic heterocycles. The van der Waals surface area contributed by atoms with Crippen molar-refractivity contribution < 1.29 is 18.7 Å². The van der Waals surface area contributed by atoms with Gasteiger partial charge in [-0.25, -0.2) is 0 Å². The number of amides is 1. The maximum absolute atomic E-state index is 12.2. The van der Waals surface area contributed by atoms with Gasteiger partial charge in [-0.05, 0) is 48.2 Å². The second-order valence-electron chi connectivity index (χ2n) is 6.37. The van der Waals surface area contributed by atoms with Gasteiger partial charge >= 0.3 is 0 Å². The topological polar surface area (TPSA) is 84.5 Å². The van der Waals surface area contributed by atoms with Crippen molar-refractivity contribution in [1.82, 2.24) is 5.32 Å². The van der Waals surface area contributed by atoms with Gasteiger partial charge in [0.05, 0.1) is 26.5 Å². The van der Waals surface area contributed by atoms with Crippen molar-refractivity contribution in [2.45, 2.75) is 26.8 Å². The first-order valence-electron chi connectivity index (χ1n) is 8.76. The van der Waals surface area contributed by atoms with Gasteiger partial charge in [0, 0.05) is 0 Å². The number of nitrogens with zero attached hydrogens (tertiary/aromatic N) is 1. The number of furan rings is 1. The van der Waals surface area contributed by atoms with Crippen molar-refractivity contribution in [2.75, 3.05) is 13.7 Å². The third-order valence-electron chi connectivity index (χ3n) is 3.82. The lowest BCUT2D eigenvalue weighted by Gasteiger charge is -2.12. The number of nitrogens with one attached hydrogen (secondary N) is 1. The Morgan fingerprint density at radius 3 is 2.78 bits per heavy atom. The van der Waals surface area contributed by atoms with Crippen LogP contribution in [0.15, 0.2) is 46.6 Å². The monoisotopic (exact) mass is 368 g/mol. The molecule has 0 radical (unpaired) electrons. The number of rotatable bonds is 9. The van der Waals surface area contributed by atoms with Crippen LogP contribution in [0.5, 0.6) is 11.5 Å². The molecule has 1 aromatic heterocycles. The summed E-state index contributed by atoms with van der Waals surface area (Å²) in [6.45, 7) is 5.09. The van der Waals surface area contributed by atoms with Crippen LogP contribution in [0.2, 0.25) is 0 Å². The molecule has 1 aromatic carbocycles. The fourth-order valence-corrected chi connectivity index (χ4v) is 2.29. The average Bonchev–Trinajstić information content (AvgIpc) is 3.18. The van der Waals surface area contributed by atoms with E-state index in [1.807, 2.05) is 6.07 Å². The van der Waals surface area contributed by atoms with Gasteiger partial charge in [-0.2, -0.15) is 5.26 Å². The normalized spacial score (nSPS) is 11.1. The molecule has 0 unspecified atom stereocenters. The van der Waals surface area contributed by atoms with E-state index in [1.54, 1.807) is 37.4 Å². The number of hydrogen-bond donors (Lipinski definition) is 1. The van der Waals surface area contributed by atoms with Crippen LogP contribution in [0.3, 0.4) is 0 Å². The van der Waals surface area contributed by atoms with E-state index in [-0.39, 0.29) is 12.1 Å². The molecule has 0 saturated carbocycles. The van der Waals surface area contributed by atoms with Gasteiger partial charge in [-0.3, -0.25) is 4.79 Å². The van der Waals surface area contributed by atoms with Gasteiger partial charge in [0.15, 0.2) is 11.5 Å². The molecule has 0 fully saturated rings. The summed E-state index contributed by atoms with van der Waals surface area (Å²) < 4.78 is 16.3. The van der Waals surface area contributed by atoms with Crippen molar-refractivity contribution in [2.24, 2.45) is 5.92 Å². The van der Waals surface area contributed by atoms with Gasteiger partial charge in [-0.15, -0.1) is 0 Å². The molecule has 0 aliphatic carbocycles. The summed E-state index contributed by atoms with van der Waals surface area (Å²) in [7, 11) is 1.55. The highest BCUT2D eigenvalue weighted by atomic mass is 16.5. The lowest BCUT2D eigenvalue weighted by molar-refractivity contribution is -0.117. The fourth-order valence-electron chi connectivity index (χ4n) is 2.29. The number of methoxy groups -OCH3 is 1. The minimum absolute atomic E-state index is 0.00270. The van der Waals surface area contributed by atoms with E-state index < -0.39 is 5.91 Å². The molecule has 1 heterocycles. The molecule has 0 spiro atoms. The maximum Gasteiger partial charge on any atom is 0.262 e. The first-order valence-corrected chi connectivity index (χ1v) is 8.76. The summed E-state index contributed by atoms with van der Waals surface area (Å²) in [4.78, 5) is 12.2. The molecule has 0 saturated heterocycles. The highest BCUT2D eigenvalue weighted by molar-refractivity contribution is 6.01. The Hall–Kier alpha value is -3.20. The second kappa shape index (κ2) is 10.1. The van der Waals surface area contributed by atoms with Crippen LogP contribution >= 0.6 is 0 Å². The smallest absolute Gasteiger partial charge is 0.262 e. The van der Waals surface area contributed by atoms with E-state index in [4.69, 9.17) is 13.9 Å². The van der Waals surface area contributed by atoms with E-state index in [0.29, 0.717) is 35.3 Å². The molecule has 2 aromatic rings. The maximum atomic E-state index is 12.2. The zero-order chi connectivity index (χ0) is 19.6. The molecule has 0 aliphatic rings. The molecule has 2 rings (SSSR count). The molecule has 142 valence electrons. The standard InChI is InChI=1S/C21H24N2O4/c1-15(2)8-10-27-19-7-6-16(12-20(19)25-3)11-17(13-22)21(24)23-14-18-5-4-9-26-18/h4-7,9,11-12,15H,8,10,14H2,1-3H3,(H,23,24)/b17-11+. The zero-order valence-corrected chi connectivity index (χ0v) is 15.8. The SMILES string of the molecule is COc1cc(/C=C(\C#N)C(=O)NCc2ccco2)ccc1OCCC(C)C. The Labute approximate surface area is 159 Å². The summed E-state index contributed by atoms with van der Waals surface area (Å²) >= 11 is 0. The minimum atomic E-state index is -0.467. The van der Waals surface area contributed by atoms with E-state index in [0.717, 1.165) is 6.42 Å². The van der Waals surface area contributed by atoms with E-state index in [9.17, 15) is 10.1 Å². The third-order valence-corrected chi connectivity index (χ3v) is 3.82. The van der Waals surface area contributed by atoms with Crippen LogP contribution in [0.1, 0.15) is 31.6 Å². The molecule has 1 N–H and O–H groups in total. The summed E-state index contributed by atoms with van der Waals surface area (Å²) in [6, 6.07) is 10.7.